The van der Waals surface area contributed by atoms with Crippen LogP contribution in [0, 0.1) is 6.92 Å². The van der Waals surface area contributed by atoms with Crippen molar-refractivity contribution in [2.45, 2.75) is 20.3 Å². The van der Waals surface area contributed by atoms with Crippen molar-refractivity contribution >= 4 is 44.7 Å². The Balaban J connectivity index is 2.11. The second kappa shape index (κ2) is 5.38. The van der Waals surface area contributed by atoms with Gasteiger partial charge in [0, 0.05) is 4.88 Å². The Morgan fingerprint density at radius 2 is 2.05 bits per heavy atom. The number of hydrogen-bond acceptors (Lipinski definition) is 4. The maximum atomic E-state index is 6.19. The van der Waals surface area contributed by atoms with Gasteiger partial charge in [0.1, 0.15) is 16.5 Å². The van der Waals surface area contributed by atoms with Crippen LogP contribution in [0.5, 0.6) is 0 Å². The van der Waals surface area contributed by atoms with Gasteiger partial charge in [-0.25, -0.2) is 9.97 Å². The van der Waals surface area contributed by atoms with Gasteiger partial charge in [-0.2, -0.15) is 0 Å². The molecule has 0 unspecified atom stereocenters. The summed E-state index contributed by atoms with van der Waals surface area (Å²) in [4.78, 5) is 11.3. The largest absolute Gasteiger partial charge is 0.338 e. The van der Waals surface area contributed by atoms with Crippen LogP contribution in [0.4, 0.5) is 11.5 Å². The summed E-state index contributed by atoms with van der Waals surface area (Å²) in [6, 6.07) is 9.82. The zero-order chi connectivity index (χ0) is 14.1. The predicted octanol–water partition coefficient (Wildman–Crippen LogP) is 4.96. The number of thiophene rings is 1. The monoisotopic (exact) mass is 303 g/mol. The Morgan fingerprint density at radius 3 is 2.80 bits per heavy atom. The average molecular weight is 304 g/mol. The summed E-state index contributed by atoms with van der Waals surface area (Å²) in [6.45, 7) is 4.05. The van der Waals surface area contributed by atoms with Crippen molar-refractivity contribution in [1.29, 1.82) is 0 Å². The molecule has 3 nitrogen and oxygen atoms in total. The van der Waals surface area contributed by atoms with Crippen LogP contribution < -0.4 is 5.32 Å². The second-order valence-electron chi connectivity index (χ2n) is 4.51. The first kappa shape index (κ1) is 13.3. The van der Waals surface area contributed by atoms with Gasteiger partial charge in [0.15, 0.2) is 0 Å². The van der Waals surface area contributed by atoms with Gasteiger partial charge in [0.2, 0.25) is 0 Å². The molecular weight excluding hydrogens is 290 g/mol. The number of benzene rings is 1. The topological polar surface area (TPSA) is 37.8 Å². The van der Waals surface area contributed by atoms with E-state index in [4.69, 9.17) is 11.6 Å². The molecule has 0 amide bonds. The van der Waals surface area contributed by atoms with Crippen LogP contribution >= 0.6 is 22.9 Å². The van der Waals surface area contributed by atoms with E-state index in [1.165, 1.54) is 4.88 Å². The number of aryl methyl sites for hydroxylation is 2. The predicted molar refractivity (Wildman–Crippen MR) is 86.3 cm³/mol. The quantitative estimate of drug-likeness (QED) is 0.743. The molecular formula is C15H14ClN3S. The normalized spacial score (nSPS) is 10.9. The lowest BCUT2D eigenvalue weighted by Gasteiger charge is -2.08. The Morgan fingerprint density at radius 1 is 1.25 bits per heavy atom. The molecule has 0 aliphatic rings. The first-order chi connectivity index (χ1) is 9.67. The third kappa shape index (κ3) is 2.49. The van der Waals surface area contributed by atoms with Gasteiger partial charge in [-0.1, -0.05) is 30.7 Å². The summed E-state index contributed by atoms with van der Waals surface area (Å²) in [5.41, 5.74) is 0.859. The first-order valence-electron chi connectivity index (χ1n) is 6.46. The number of fused-ring (bicyclic) bond motifs is 1. The Hall–Kier alpha value is -1.65. The lowest BCUT2D eigenvalue weighted by atomic mass is 10.2. The van der Waals surface area contributed by atoms with Crippen molar-refractivity contribution in [1.82, 2.24) is 9.97 Å². The van der Waals surface area contributed by atoms with Crippen LogP contribution in [0.15, 0.2) is 30.3 Å². The van der Waals surface area contributed by atoms with Crippen molar-refractivity contribution in [3.63, 3.8) is 0 Å². The van der Waals surface area contributed by atoms with Crippen molar-refractivity contribution in [2.75, 3.05) is 5.32 Å². The summed E-state index contributed by atoms with van der Waals surface area (Å²) < 4.78 is 0. The lowest BCUT2D eigenvalue weighted by molar-refractivity contribution is 1.10. The highest BCUT2D eigenvalue weighted by Gasteiger charge is 2.11. The van der Waals surface area contributed by atoms with E-state index in [1.807, 2.05) is 31.2 Å². The molecule has 5 heteroatoms. The Labute approximate surface area is 126 Å². The fourth-order valence-electron chi connectivity index (χ4n) is 2.04. The van der Waals surface area contributed by atoms with Gasteiger partial charge in [0.05, 0.1) is 16.1 Å². The first-order valence-corrected chi connectivity index (χ1v) is 7.65. The van der Waals surface area contributed by atoms with Gasteiger partial charge in [-0.3, -0.25) is 0 Å². The maximum Gasteiger partial charge on any atom is 0.142 e. The smallest absolute Gasteiger partial charge is 0.142 e. The molecule has 1 aromatic carbocycles. The number of nitrogens with zero attached hydrogens (tertiary/aromatic N) is 2. The summed E-state index contributed by atoms with van der Waals surface area (Å²) in [5.74, 6) is 1.58. The van der Waals surface area contributed by atoms with Gasteiger partial charge >= 0.3 is 0 Å². The van der Waals surface area contributed by atoms with Gasteiger partial charge in [-0.15, -0.1) is 11.3 Å². The molecule has 0 radical (unpaired) electrons. The number of anilines is 2. The third-order valence-electron chi connectivity index (χ3n) is 3.03. The highest BCUT2D eigenvalue weighted by Crippen LogP contribution is 2.32. The zero-order valence-electron chi connectivity index (χ0n) is 11.3. The van der Waals surface area contributed by atoms with E-state index in [0.29, 0.717) is 5.02 Å². The molecule has 102 valence electrons. The van der Waals surface area contributed by atoms with Crippen LogP contribution in [-0.2, 0) is 6.42 Å². The van der Waals surface area contributed by atoms with Crippen LogP contribution in [-0.4, -0.2) is 9.97 Å². The van der Waals surface area contributed by atoms with Crippen LogP contribution in [0.25, 0.3) is 10.2 Å². The minimum Gasteiger partial charge on any atom is -0.338 e. The number of halogens is 1. The molecule has 0 fully saturated rings. The minimum absolute atomic E-state index is 0.683. The van der Waals surface area contributed by atoms with E-state index < -0.39 is 0 Å². The second-order valence-corrected chi connectivity index (χ2v) is 6.03. The molecule has 0 saturated carbocycles. The number of nitrogens with one attached hydrogen (secondary N) is 1. The molecule has 0 aliphatic carbocycles. The van der Waals surface area contributed by atoms with E-state index in [2.05, 4.69) is 28.3 Å². The summed E-state index contributed by atoms with van der Waals surface area (Å²) in [5, 5.41) is 5.05. The number of hydrogen-bond donors (Lipinski definition) is 1. The Kier molecular flexibility index (Phi) is 3.59. The molecule has 3 aromatic rings. The molecule has 2 heterocycles. The van der Waals surface area contributed by atoms with Crippen LogP contribution in [0.2, 0.25) is 5.02 Å². The van der Waals surface area contributed by atoms with E-state index in [0.717, 1.165) is 34.0 Å². The van der Waals surface area contributed by atoms with Crippen LogP contribution in [0.3, 0.4) is 0 Å². The lowest BCUT2D eigenvalue weighted by Crippen LogP contribution is -1.97. The van der Waals surface area contributed by atoms with Crippen molar-refractivity contribution in [2.24, 2.45) is 0 Å². The van der Waals surface area contributed by atoms with E-state index in [-0.39, 0.29) is 0 Å². The number of para-hydroxylation sites is 1. The number of rotatable bonds is 3. The summed E-state index contributed by atoms with van der Waals surface area (Å²) in [6.07, 6.45) is 1.01. The highest BCUT2D eigenvalue weighted by atomic mass is 35.5. The van der Waals surface area contributed by atoms with Crippen molar-refractivity contribution < 1.29 is 0 Å². The summed E-state index contributed by atoms with van der Waals surface area (Å²) in [7, 11) is 0. The van der Waals surface area contributed by atoms with Gasteiger partial charge in [0.25, 0.3) is 0 Å². The average Bonchev–Trinajstić information content (AvgIpc) is 2.84. The SMILES string of the molecule is CCc1cc2c(Nc3ccccc3Cl)nc(C)nc2s1. The fourth-order valence-corrected chi connectivity index (χ4v) is 3.23. The van der Waals surface area contributed by atoms with E-state index >= 15 is 0 Å². The highest BCUT2D eigenvalue weighted by molar-refractivity contribution is 7.18. The van der Waals surface area contributed by atoms with E-state index in [9.17, 15) is 0 Å². The van der Waals surface area contributed by atoms with Crippen molar-refractivity contribution in [3.05, 3.63) is 46.1 Å². The van der Waals surface area contributed by atoms with Gasteiger partial charge < -0.3 is 5.32 Å². The molecule has 0 atom stereocenters. The van der Waals surface area contributed by atoms with E-state index in [1.54, 1.807) is 11.3 Å². The van der Waals surface area contributed by atoms with Gasteiger partial charge in [-0.05, 0) is 31.5 Å². The summed E-state index contributed by atoms with van der Waals surface area (Å²) >= 11 is 7.91. The zero-order valence-corrected chi connectivity index (χ0v) is 12.8. The molecule has 0 spiro atoms. The molecule has 0 bridgehead atoms. The minimum atomic E-state index is 0.683. The number of aromatic nitrogens is 2. The Bertz CT molecular complexity index is 767. The maximum absolute atomic E-state index is 6.19. The molecule has 2 aromatic heterocycles. The third-order valence-corrected chi connectivity index (χ3v) is 4.53. The molecule has 0 saturated heterocycles. The molecule has 0 aliphatic heterocycles. The molecule has 1 N–H and O–H groups in total. The fraction of sp³-hybridized carbons (Fsp3) is 0.200. The van der Waals surface area contributed by atoms with Crippen molar-refractivity contribution in [3.8, 4) is 0 Å². The molecule has 3 rings (SSSR count). The standard InChI is InChI=1S/C15H14ClN3S/c1-3-10-8-11-14(17-9(2)18-15(11)20-10)19-13-7-5-4-6-12(13)16/h4-8H,3H2,1-2H3,(H,17,18,19). The molecule has 20 heavy (non-hydrogen) atoms. The van der Waals surface area contributed by atoms with Crippen LogP contribution in [0.1, 0.15) is 17.6 Å².